The monoisotopic (exact) mass is 384 g/mol. The predicted molar refractivity (Wildman–Crippen MR) is 117 cm³/mol. The van der Waals surface area contributed by atoms with E-state index in [1.165, 1.54) is 35.1 Å². The normalized spacial score (nSPS) is 18.2. The van der Waals surface area contributed by atoms with E-state index in [1.54, 1.807) is 7.11 Å². The van der Waals surface area contributed by atoms with E-state index in [0.717, 1.165) is 25.4 Å². The lowest BCUT2D eigenvalue weighted by atomic mass is 9.95. The van der Waals surface area contributed by atoms with Crippen LogP contribution in [0.2, 0.25) is 0 Å². The van der Waals surface area contributed by atoms with Crippen molar-refractivity contribution in [3.8, 4) is 5.75 Å². The largest absolute Gasteiger partial charge is 0.497 e. The number of nitrogens with zero attached hydrogens (tertiary/aromatic N) is 1. The first-order valence-corrected chi connectivity index (χ1v) is 10.5. The molecule has 5 rings (SSSR count). The third-order valence-electron chi connectivity index (χ3n) is 6.54. The zero-order valence-corrected chi connectivity index (χ0v) is 17.0. The lowest BCUT2D eigenvalue weighted by molar-refractivity contribution is 0.163. The molecule has 2 aliphatic rings. The average Bonchev–Trinajstić information content (AvgIpc) is 3.45. The Balaban J connectivity index is 1.35. The predicted octanol–water partition coefficient (Wildman–Crippen LogP) is 5.03. The fourth-order valence-electron chi connectivity index (χ4n) is 4.59. The van der Waals surface area contributed by atoms with Crippen LogP contribution < -0.4 is 10.1 Å². The first-order valence-electron chi connectivity index (χ1n) is 10.5. The van der Waals surface area contributed by atoms with Gasteiger partial charge >= 0.3 is 0 Å². The number of methoxy groups -OCH3 is 1. The summed E-state index contributed by atoms with van der Waals surface area (Å²) in [6.45, 7) is 2.99. The number of fused-ring (bicyclic) bond motifs is 1. The molecule has 0 aromatic heterocycles. The van der Waals surface area contributed by atoms with Crippen LogP contribution in [0, 0.1) is 0 Å². The molecule has 29 heavy (non-hydrogen) atoms. The molecular weight excluding hydrogens is 356 g/mol. The van der Waals surface area contributed by atoms with Crippen molar-refractivity contribution >= 4 is 0 Å². The SMILES string of the molecule is COc1ccc(C2(CNC(c3ccccc3)N3Cc4ccccc4C3)CC2)cc1. The molecule has 1 aliphatic heterocycles. The molecule has 0 radical (unpaired) electrons. The number of nitrogens with one attached hydrogen (secondary N) is 1. The van der Waals surface area contributed by atoms with Crippen LogP contribution in [0.4, 0.5) is 0 Å². The average molecular weight is 385 g/mol. The van der Waals surface area contributed by atoms with E-state index in [-0.39, 0.29) is 11.6 Å². The first-order chi connectivity index (χ1) is 14.3. The summed E-state index contributed by atoms with van der Waals surface area (Å²) in [6.07, 6.45) is 2.71. The molecular formula is C26H28N2O. The van der Waals surface area contributed by atoms with Crippen molar-refractivity contribution in [1.29, 1.82) is 0 Å². The third-order valence-corrected chi connectivity index (χ3v) is 6.54. The summed E-state index contributed by atoms with van der Waals surface area (Å²) in [5.74, 6) is 0.925. The smallest absolute Gasteiger partial charge is 0.118 e. The van der Waals surface area contributed by atoms with E-state index in [2.05, 4.69) is 89.1 Å². The maximum absolute atomic E-state index is 5.33. The summed E-state index contributed by atoms with van der Waals surface area (Å²) in [5.41, 5.74) is 5.91. The highest BCUT2D eigenvalue weighted by Gasteiger charge is 2.44. The van der Waals surface area contributed by atoms with Crippen LogP contribution in [-0.4, -0.2) is 18.6 Å². The molecule has 1 heterocycles. The summed E-state index contributed by atoms with van der Waals surface area (Å²) in [5, 5.41) is 3.94. The molecule has 148 valence electrons. The highest BCUT2D eigenvalue weighted by Crippen LogP contribution is 2.48. The Kier molecular flexibility index (Phi) is 4.86. The highest BCUT2D eigenvalue weighted by atomic mass is 16.5. The van der Waals surface area contributed by atoms with Gasteiger partial charge in [-0.3, -0.25) is 10.2 Å². The van der Waals surface area contributed by atoms with Crippen LogP contribution >= 0.6 is 0 Å². The summed E-state index contributed by atoms with van der Waals surface area (Å²) in [7, 11) is 1.72. The van der Waals surface area contributed by atoms with Crippen LogP contribution in [0.5, 0.6) is 5.75 Å². The zero-order chi connectivity index (χ0) is 19.7. The molecule has 0 saturated heterocycles. The molecule has 1 fully saturated rings. The molecule has 3 heteroatoms. The lowest BCUT2D eigenvalue weighted by Crippen LogP contribution is -2.39. The minimum absolute atomic E-state index is 0.222. The molecule has 1 N–H and O–H groups in total. The van der Waals surface area contributed by atoms with Crippen LogP contribution in [0.1, 0.15) is 41.3 Å². The van der Waals surface area contributed by atoms with Crippen LogP contribution in [0.15, 0.2) is 78.9 Å². The number of rotatable bonds is 7. The molecule has 1 saturated carbocycles. The lowest BCUT2D eigenvalue weighted by Gasteiger charge is -2.31. The van der Waals surface area contributed by atoms with Gasteiger partial charge in [0.25, 0.3) is 0 Å². The van der Waals surface area contributed by atoms with Crippen molar-refractivity contribution in [1.82, 2.24) is 10.2 Å². The number of hydrogen-bond acceptors (Lipinski definition) is 3. The van der Waals surface area contributed by atoms with Gasteiger partial charge in [0.2, 0.25) is 0 Å². The molecule has 0 bridgehead atoms. The van der Waals surface area contributed by atoms with Gasteiger partial charge in [-0.25, -0.2) is 0 Å². The Hall–Kier alpha value is -2.62. The fourth-order valence-corrected chi connectivity index (χ4v) is 4.59. The van der Waals surface area contributed by atoms with Gasteiger partial charge in [0.1, 0.15) is 5.75 Å². The quantitative estimate of drug-likeness (QED) is 0.618. The van der Waals surface area contributed by atoms with Gasteiger partial charge in [0.15, 0.2) is 0 Å². The van der Waals surface area contributed by atoms with Gasteiger partial charge in [0.05, 0.1) is 13.3 Å². The van der Waals surface area contributed by atoms with Crippen LogP contribution in [0.3, 0.4) is 0 Å². The van der Waals surface area contributed by atoms with Crippen molar-refractivity contribution in [3.05, 3.63) is 101 Å². The maximum Gasteiger partial charge on any atom is 0.118 e. The summed E-state index contributed by atoms with van der Waals surface area (Å²) < 4.78 is 5.33. The van der Waals surface area contributed by atoms with Crippen molar-refractivity contribution in [2.45, 2.75) is 37.5 Å². The van der Waals surface area contributed by atoms with Gasteiger partial charge in [-0.2, -0.15) is 0 Å². The van der Waals surface area contributed by atoms with Crippen molar-refractivity contribution in [3.63, 3.8) is 0 Å². The second-order valence-corrected chi connectivity index (χ2v) is 8.38. The van der Waals surface area contributed by atoms with Gasteiger partial charge < -0.3 is 4.74 Å². The Morgan fingerprint density at radius 2 is 1.48 bits per heavy atom. The van der Waals surface area contributed by atoms with Crippen molar-refractivity contribution in [2.75, 3.05) is 13.7 Å². The zero-order valence-electron chi connectivity index (χ0n) is 17.0. The van der Waals surface area contributed by atoms with E-state index >= 15 is 0 Å². The molecule has 0 spiro atoms. The molecule has 1 aliphatic carbocycles. The first kappa shape index (κ1) is 18.4. The maximum atomic E-state index is 5.33. The third kappa shape index (κ3) is 3.68. The topological polar surface area (TPSA) is 24.5 Å². The van der Waals surface area contributed by atoms with Gasteiger partial charge in [-0.15, -0.1) is 0 Å². The Morgan fingerprint density at radius 3 is 2.07 bits per heavy atom. The summed E-state index contributed by atoms with van der Waals surface area (Å²) in [4.78, 5) is 2.56. The highest BCUT2D eigenvalue weighted by molar-refractivity contribution is 5.37. The van der Waals surface area contributed by atoms with Gasteiger partial charge in [-0.1, -0.05) is 66.7 Å². The van der Waals surface area contributed by atoms with Crippen molar-refractivity contribution < 1.29 is 4.74 Å². The number of benzene rings is 3. The Morgan fingerprint density at radius 1 is 0.862 bits per heavy atom. The van der Waals surface area contributed by atoms with E-state index in [0.29, 0.717) is 0 Å². The van der Waals surface area contributed by atoms with E-state index < -0.39 is 0 Å². The molecule has 3 aromatic rings. The minimum atomic E-state index is 0.222. The van der Waals surface area contributed by atoms with E-state index in [1.807, 2.05) is 0 Å². The second-order valence-electron chi connectivity index (χ2n) is 8.38. The number of hydrogen-bond donors (Lipinski definition) is 1. The molecule has 1 atom stereocenters. The molecule has 1 unspecified atom stereocenters. The molecule has 0 amide bonds. The fraction of sp³-hybridized carbons (Fsp3) is 0.308. The standard InChI is InChI=1S/C26H28N2O/c1-29-24-13-11-23(12-14-24)26(15-16-26)19-27-25(20-7-3-2-4-8-20)28-17-21-9-5-6-10-22(21)18-28/h2-14,25,27H,15-19H2,1H3. The second kappa shape index (κ2) is 7.66. The Labute approximate surface area is 173 Å². The van der Waals surface area contributed by atoms with Crippen molar-refractivity contribution in [2.24, 2.45) is 0 Å². The molecule has 3 nitrogen and oxygen atoms in total. The van der Waals surface area contributed by atoms with Gasteiger partial charge in [-0.05, 0) is 47.2 Å². The van der Waals surface area contributed by atoms with Gasteiger partial charge in [0, 0.05) is 25.0 Å². The Bertz CT molecular complexity index is 939. The molecule has 3 aromatic carbocycles. The number of ether oxygens (including phenoxy) is 1. The minimum Gasteiger partial charge on any atom is -0.497 e. The van der Waals surface area contributed by atoms with Crippen LogP contribution in [-0.2, 0) is 18.5 Å². The van der Waals surface area contributed by atoms with E-state index in [9.17, 15) is 0 Å². The van der Waals surface area contributed by atoms with Crippen LogP contribution in [0.25, 0.3) is 0 Å². The van der Waals surface area contributed by atoms with E-state index in [4.69, 9.17) is 4.74 Å². The summed E-state index contributed by atoms with van der Waals surface area (Å²) in [6, 6.07) is 28.3. The summed E-state index contributed by atoms with van der Waals surface area (Å²) >= 11 is 0.